The number of benzene rings is 8. The molecular weight excluding hydrogens is 651 g/mol. The molecule has 0 heterocycles. The fourth-order valence-electron chi connectivity index (χ4n) is 8.10. The van der Waals surface area contributed by atoms with E-state index in [0.717, 1.165) is 17.1 Å². The summed E-state index contributed by atoms with van der Waals surface area (Å²) in [6.45, 7) is 15.8. The van der Waals surface area contributed by atoms with Gasteiger partial charge in [-0.3, -0.25) is 0 Å². The van der Waals surface area contributed by atoms with Gasteiger partial charge in [0.1, 0.15) is 0 Å². The van der Waals surface area contributed by atoms with Crippen LogP contribution in [0.15, 0.2) is 158 Å². The van der Waals surface area contributed by atoms with Gasteiger partial charge in [-0.05, 0) is 168 Å². The van der Waals surface area contributed by atoms with Gasteiger partial charge in [0, 0.05) is 17.1 Å². The summed E-state index contributed by atoms with van der Waals surface area (Å²) < 4.78 is 0. The molecule has 0 radical (unpaired) electrons. The van der Waals surface area contributed by atoms with Gasteiger partial charge in [0.05, 0.1) is 0 Å². The molecule has 1 aliphatic carbocycles. The highest BCUT2D eigenvalue weighted by atomic mass is 15.1. The second kappa shape index (κ2) is 12.6. The molecule has 1 aliphatic rings. The SMILES string of the molecule is Cc1ccc(N(c2ccccc2)c2ccc3cc4c(cc3c2)-c2cc3cc(-c5ccc(C(C)(C)C)cc5)c(-c5ccc(C(C)(C)C)cc5)cc3cc2-4)cc1. The van der Waals surface area contributed by atoms with E-state index in [0.29, 0.717) is 0 Å². The lowest BCUT2D eigenvalue weighted by molar-refractivity contribution is 0.590. The van der Waals surface area contributed by atoms with Gasteiger partial charge in [0.15, 0.2) is 0 Å². The molecule has 0 atom stereocenters. The highest BCUT2D eigenvalue weighted by Gasteiger charge is 2.25. The van der Waals surface area contributed by atoms with Crippen LogP contribution in [0.3, 0.4) is 0 Å². The first-order valence-electron chi connectivity index (χ1n) is 19.2. The van der Waals surface area contributed by atoms with Crippen LogP contribution in [0.2, 0.25) is 0 Å². The first-order valence-corrected chi connectivity index (χ1v) is 19.2. The molecule has 54 heavy (non-hydrogen) atoms. The highest BCUT2D eigenvalue weighted by Crippen LogP contribution is 2.52. The smallest absolute Gasteiger partial charge is 0.0468 e. The molecule has 0 aliphatic heterocycles. The fourth-order valence-corrected chi connectivity index (χ4v) is 8.10. The van der Waals surface area contributed by atoms with Crippen molar-refractivity contribution in [3.05, 3.63) is 174 Å². The van der Waals surface area contributed by atoms with E-state index in [4.69, 9.17) is 0 Å². The molecular formula is C53H47N. The monoisotopic (exact) mass is 697 g/mol. The lowest BCUT2D eigenvalue weighted by Gasteiger charge is -2.28. The largest absolute Gasteiger partial charge is 0.310 e. The Hall–Kier alpha value is -5.92. The molecule has 1 heteroatoms. The number of aryl methyl sites for hydroxylation is 1. The molecule has 0 bridgehead atoms. The van der Waals surface area contributed by atoms with Crippen molar-refractivity contribution in [2.45, 2.75) is 59.3 Å². The molecule has 0 spiro atoms. The van der Waals surface area contributed by atoms with Crippen LogP contribution in [0.25, 0.3) is 66.1 Å². The van der Waals surface area contributed by atoms with Gasteiger partial charge in [-0.25, -0.2) is 0 Å². The number of nitrogens with zero attached hydrogens (tertiary/aromatic N) is 1. The Bertz CT molecular complexity index is 2680. The van der Waals surface area contributed by atoms with Gasteiger partial charge in [0.25, 0.3) is 0 Å². The Balaban J connectivity index is 1.15. The minimum atomic E-state index is 0.106. The van der Waals surface area contributed by atoms with Crippen molar-refractivity contribution in [2.24, 2.45) is 0 Å². The van der Waals surface area contributed by atoms with Gasteiger partial charge < -0.3 is 4.90 Å². The van der Waals surface area contributed by atoms with Crippen LogP contribution in [-0.2, 0) is 10.8 Å². The van der Waals surface area contributed by atoms with Gasteiger partial charge in [0.2, 0.25) is 0 Å². The second-order valence-corrected chi connectivity index (χ2v) is 17.2. The van der Waals surface area contributed by atoms with Crippen LogP contribution in [0.1, 0.15) is 58.2 Å². The van der Waals surface area contributed by atoms with Crippen molar-refractivity contribution in [1.82, 2.24) is 0 Å². The Morgan fingerprint density at radius 1 is 0.333 bits per heavy atom. The summed E-state index contributed by atoms with van der Waals surface area (Å²) in [6, 6.07) is 59.3. The minimum Gasteiger partial charge on any atom is -0.310 e. The van der Waals surface area contributed by atoms with Crippen LogP contribution in [0.4, 0.5) is 17.1 Å². The summed E-state index contributed by atoms with van der Waals surface area (Å²) in [5.74, 6) is 0. The average molecular weight is 698 g/mol. The Morgan fingerprint density at radius 3 is 1.19 bits per heavy atom. The first kappa shape index (κ1) is 33.9. The van der Waals surface area contributed by atoms with Crippen LogP contribution in [0, 0.1) is 6.92 Å². The van der Waals surface area contributed by atoms with E-state index in [1.807, 2.05) is 0 Å². The predicted molar refractivity (Wildman–Crippen MR) is 234 cm³/mol. The third-order valence-electron chi connectivity index (χ3n) is 11.3. The summed E-state index contributed by atoms with van der Waals surface area (Å²) in [5, 5.41) is 5.05. The van der Waals surface area contributed by atoms with E-state index in [2.05, 4.69) is 211 Å². The van der Waals surface area contributed by atoms with Crippen molar-refractivity contribution in [3.63, 3.8) is 0 Å². The standard InChI is InChI=1S/C53H47N/c1-34-13-24-44(25-14-34)54(43-11-9-8-10-12-43)45-26-19-37-28-48-49(31-38(37)27-45)51-33-40-30-47(36-17-22-42(23-18-36)53(5,6)7)46(29-39(40)32-50(48)51)35-15-20-41(21-16-35)52(2,3)4/h8-33H,1-7H3. The normalized spacial score (nSPS) is 12.4. The summed E-state index contributed by atoms with van der Waals surface area (Å²) in [4.78, 5) is 2.35. The predicted octanol–water partition coefficient (Wildman–Crippen LogP) is 15.3. The molecule has 0 saturated heterocycles. The summed E-state index contributed by atoms with van der Waals surface area (Å²) in [7, 11) is 0. The Kier molecular flexibility index (Phi) is 7.91. The molecule has 0 aromatic heterocycles. The van der Waals surface area contributed by atoms with E-state index in [1.54, 1.807) is 0 Å². The second-order valence-electron chi connectivity index (χ2n) is 17.2. The van der Waals surface area contributed by atoms with Gasteiger partial charge in [-0.1, -0.05) is 132 Å². The number of fused-ring (bicyclic) bond motifs is 6. The van der Waals surface area contributed by atoms with Crippen LogP contribution < -0.4 is 4.90 Å². The van der Waals surface area contributed by atoms with Crippen LogP contribution in [-0.4, -0.2) is 0 Å². The van der Waals surface area contributed by atoms with Gasteiger partial charge in [-0.15, -0.1) is 0 Å². The number of rotatable bonds is 5. The Morgan fingerprint density at radius 2 is 0.722 bits per heavy atom. The maximum absolute atomic E-state index is 2.42. The lowest BCUT2D eigenvalue weighted by Crippen LogP contribution is -2.10. The first-order chi connectivity index (χ1) is 25.9. The maximum atomic E-state index is 2.42. The van der Waals surface area contributed by atoms with E-state index < -0.39 is 0 Å². The van der Waals surface area contributed by atoms with Crippen molar-refractivity contribution in [1.29, 1.82) is 0 Å². The molecule has 8 aromatic rings. The van der Waals surface area contributed by atoms with E-state index in [9.17, 15) is 0 Å². The van der Waals surface area contributed by atoms with Crippen molar-refractivity contribution in [3.8, 4) is 44.5 Å². The molecule has 9 rings (SSSR count). The summed E-state index contributed by atoms with van der Waals surface area (Å²) >= 11 is 0. The minimum absolute atomic E-state index is 0.106. The number of anilines is 3. The lowest BCUT2D eigenvalue weighted by atomic mass is 9.77. The molecule has 264 valence electrons. The quantitative estimate of drug-likeness (QED) is 0.173. The average Bonchev–Trinajstić information content (AvgIpc) is 3.17. The molecule has 1 nitrogen and oxygen atoms in total. The van der Waals surface area contributed by atoms with E-state index in [1.165, 1.54) is 82.7 Å². The zero-order valence-corrected chi connectivity index (χ0v) is 32.5. The van der Waals surface area contributed by atoms with E-state index in [-0.39, 0.29) is 10.8 Å². The zero-order chi connectivity index (χ0) is 37.4. The van der Waals surface area contributed by atoms with Gasteiger partial charge in [-0.2, -0.15) is 0 Å². The van der Waals surface area contributed by atoms with E-state index >= 15 is 0 Å². The topological polar surface area (TPSA) is 3.24 Å². The molecule has 0 N–H and O–H groups in total. The van der Waals surface area contributed by atoms with Crippen molar-refractivity contribution >= 4 is 38.6 Å². The highest BCUT2D eigenvalue weighted by molar-refractivity contribution is 6.13. The third-order valence-corrected chi connectivity index (χ3v) is 11.3. The molecule has 0 unspecified atom stereocenters. The fraction of sp³-hybridized carbons (Fsp3) is 0.170. The molecule has 8 aromatic carbocycles. The summed E-state index contributed by atoms with van der Waals surface area (Å²) in [6.07, 6.45) is 0. The number of hydrogen-bond acceptors (Lipinski definition) is 1. The summed E-state index contributed by atoms with van der Waals surface area (Å²) in [5.41, 5.74) is 18.0. The van der Waals surface area contributed by atoms with Crippen LogP contribution in [0.5, 0.6) is 0 Å². The molecule has 0 saturated carbocycles. The van der Waals surface area contributed by atoms with Crippen molar-refractivity contribution < 1.29 is 0 Å². The van der Waals surface area contributed by atoms with Gasteiger partial charge >= 0.3 is 0 Å². The third kappa shape index (κ3) is 5.99. The number of para-hydroxylation sites is 1. The molecule has 0 fully saturated rings. The zero-order valence-electron chi connectivity index (χ0n) is 32.5. The number of hydrogen-bond donors (Lipinski definition) is 0. The Labute approximate surface area is 320 Å². The molecule has 0 amide bonds. The van der Waals surface area contributed by atoms with Crippen LogP contribution >= 0.6 is 0 Å². The maximum Gasteiger partial charge on any atom is 0.0468 e. The van der Waals surface area contributed by atoms with Crippen molar-refractivity contribution in [2.75, 3.05) is 4.90 Å².